The van der Waals surface area contributed by atoms with Gasteiger partial charge in [0.25, 0.3) is 5.91 Å². The van der Waals surface area contributed by atoms with Gasteiger partial charge >= 0.3 is 0 Å². The molecule has 2 N–H and O–H groups in total. The van der Waals surface area contributed by atoms with Crippen LogP contribution in [0.3, 0.4) is 0 Å². The largest absolute Gasteiger partial charge is 0.508 e. The number of hydrogen-bond donors (Lipinski definition) is 2. The molecule has 6 heteroatoms. The number of fused-ring (bicyclic) bond motifs is 1. The maximum Gasteiger partial charge on any atom is 0.276 e. The molecule has 22 heavy (non-hydrogen) atoms. The predicted molar refractivity (Wildman–Crippen MR) is 77.1 cm³/mol. The number of amides is 1. The molecule has 1 amide bonds. The summed E-state index contributed by atoms with van der Waals surface area (Å²) in [6.45, 7) is 1.39. The molecule has 0 bridgehead atoms. The SMILES string of the molecule is O=C(c1cc(-c2cccc(O)c2)on1)N1CC2CC2(CO)C1. The first kappa shape index (κ1) is 13.3. The third kappa shape index (κ3) is 1.99. The number of carbonyl (C=O) groups is 1. The highest BCUT2D eigenvalue weighted by Gasteiger charge is 2.60. The Bertz CT molecular complexity index is 737. The molecule has 2 aliphatic rings. The maximum atomic E-state index is 12.5. The summed E-state index contributed by atoms with van der Waals surface area (Å²) < 4.78 is 5.22. The van der Waals surface area contributed by atoms with Crippen LogP contribution in [0.2, 0.25) is 0 Å². The van der Waals surface area contributed by atoms with E-state index in [4.69, 9.17) is 4.52 Å². The van der Waals surface area contributed by atoms with Crippen molar-refractivity contribution >= 4 is 5.91 Å². The van der Waals surface area contributed by atoms with E-state index in [2.05, 4.69) is 5.16 Å². The van der Waals surface area contributed by atoms with Crippen LogP contribution in [-0.4, -0.2) is 45.9 Å². The second kappa shape index (κ2) is 4.58. The first-order chi connectivity index (χ1) is 10.6. The van der Waals surface area contributed by atoms with Crippen LogP contribution in [0.25, 0.3) is 11.3 Å². The lowest BCUT2D eigenvalue weighted by Crippen LogP contribution is -2.32. The molecule has 2 fully saturated rings. The second-order valence-electron chi connectivity index (χ2n) is 6.23. The van der Waals surface area contributed by atoms with Crippen molar-refractivity contribution in [3.8, 4) is 17.1 Å². The number of piperidine rings is 1. The molecule has 1 aliphatic carbocycles. The van der Waals surface area contributed by atoms with Gasteiger partial charge in [0.2, 0.25) is 0 Å². The van der Waals surface area contributed by atoms with Gasteiger partial charge in [-0.2, -0.15) is 0 Å². The van der Waals surface area contributed by atoms with E-state index >= 15 is 0 Å². The van der Waals surface area contributed by atoms with Crippen LogP contribution in [-0.2, 0) is 0 Å². The average molecular weight is 300 g/mol. The third-order valence-corrected chi connectivity index (χ3v) is 4.77. The number of likely N-dealkylation sites (tertiary alicyclic amines) is 1. The number of nitrogens with zero attached hydrogens (tertiary/aromatic N) is 2. The Labute approximate surface area is 127 Å². The minimum absolute atomic E-state index is 0.0759. The number of benzene rings is 1. The van der Waals surface area contributed by atoms with Crippen molar-refractivity contribution in [3.63, 3.8) is 0 Å². The van der Waals surface area contributed by atoms with Crippen molar-refractivity contribution in [1.29, 1.82) is 0 Å². The fourth-order valence-electron chi connectivity index (χ4n) is 3.33. The van der Waals surface area contributed by atoms with E-state index < -0.39 is 0 Å². The number of aliphatic hydroxyl groups is 1. The molecule has 1 aromatic carbocycles. The highest BCUT2D eigenvalue weighted by atomic mass is 16.5. The highest BCUT2D eigenvalue weighted by Crippen LogP contribution is 2.57. The van der Waals surface area contributed by atoms with E-state index in [1.165, 1.54) is 0 Å². The second-order valence-corrected chi connectivity index (χ2v) is 6.23. The van der Waals surface area contributed by atoms with Crippen LogP contribution in [0.15, 0.2) is 34.9 Å². The topological polar surface area (TPSA) is 86.8 Å². The molecule has 114 valence electrons. The standard InChI is InChI=1S/C16H16N2O4/c19-9-16-6-11(16)7-18(8-16)15(21)13-5-14(22-17-13)10-2-1-3-12(20)4-10/h1-5,11,19-20H,6-9H2. The minimum atomic E-state index is -0.171. The van der Waals surface area contributed by atoms with Gasteiger partial charge in [-0.15, -0.1) is 0 Å². The molecule has 0 radical (unpaired) electrons. The van der Waals surface area contributed by atoms with Gasteiger partial charge in [0.05, 0.1) is 6.61 Å². The summed E-state index contributed by atoms with van der Waals surface area (Å²) in [6.07, 6.45) is 1.00. The van der Waals surface area contributed by atoms with Crippen LogP contribution < -0.4 is 0 Å². The lowest BCUT2D eigenvalue weighted by molar-refractivity contribution is 0.0741. The number of aliphatic hydroxyl groups excluding tert-OH is 1. The van der Waals surface area contributed by atoms with Crippen LogP contribution >= 0.6 is 0 Å². The molecule has 1 saturated carbocycles. The van der Waals surface area contributed by atoms with Crippen molar-refractivity contribution in [1.82, 2.24) is 10.1 Å². The monoisotopic (exact) mass is 300 g/mol. The van der Waals surface area contributed by atoms with E-state index in [0.717, 1.165) is 6.42 Å². The Morgan fingerprint density at radius 1 is 1.45 bits per heavy atom. The van der Waals surface area contributed by atoms with Crippen molar-refractivity contribution in [2.24, 2.45) is 11.3 Å². The Morgan fingerprint density at radius 3 is 3.05 bits per heavy atom. The van der Waals surface area contributed by atoms with E-state index in [1.807, 2.05) is 0 Å². The molecule has 1 aliphatic heterocycles. The van der Waals surface area contributed by atoms with Crippen LogP contribution in [0.5, 0.6) is 5.75 Å². The number of hydrogen-bond acceptors (Lipinski definition) is 5. The highest BCUT2D eigenvalue weighted by molar-refractivity contribution is 5.93. The molecular formula is C16H16N2O4. The first-order valence-corrected chi connectivity index (χ1v) is 7.27. The third-order valence-electron chi connectivity index (χ3n) is 4.77. The first-order valence-electron chi connectivity index (χ1n) is 7.27. The Kier molecular flexibility index (Phi) is 2.77. The van der Waals surface area contributed by atoms with Gasteiger partial charge in [-0.1, -0.05) is 17.3 Å². The molecule has 2 unspecified atom stereocenters. The number of phenolic OH excluding ortho intramolecular Hbond substituents is 1. The van der Waals surface area contributed by atoms with Gasteiger partial charge in [0, 0.05) is 30.1 Å². The van der Waals surface area contributed by atoms with E-state index in [0.29, 0.717) is 30.3 Å². The van der Waals surface area contributed by atoms with E-state index in [-0.39, 0.29) is 29.4 Å². The average Bonchev–Trinajstić information content (AvgIpc) is 2.92. The summed E-state index contributed by atoms with van der Waals surface area (Å²) in [4.78, 5) is 14.2. The zero-order valence-electron chi connectivity index (χ0n) is 11.9. The van der Waals surface area contributed by atoms with Gasteiger partial charge in [-0.3, -0.25) is 4.79 Å². The summed E-state index contributed by atoms with van der Waals surface area (Å²) in [5.41, 5.74) is 0.850. The van der Waals surface area contributed by atoms with E-state index in [1.54, 1.807) is 35.2 Å². The quantitative estimate of drug-likeness (QED) is 0.897. The number of phenols is 1. The van der Waals surface area contributed by atoms with Crippen molar-refractivity contribution < 1.29 is 19.5 Å². The molecule has 1 saturated heterocycles. The fraction of sp³-hybridized carbons (Fsp3) is 0.375. The molecule has 2 heterocycles. The minimum Gasteiger partial charge on any atom is -0.508 e. The number of aromatic nitrogens is 1. The lowest BCUT2D eigenvalue weighted by atomic mass is 10.1. The van der Waals surface area contributed by atoms with E-state index in [9.17, 15) is 15.0 Å². The van der Waals surface area contributed by atoms with Crippen LogP contribution in [0.1, 0.15) is 16.9 Å². The van der Waals surface area contributed by atoms with Gasteiger partial charge in [-0.05, 0) is 24.5 Å². The lowest BCUT2D eigenvalue weighted by Gasteiger charge is -2.18. The Balaban J connectivity index is 1.53. The molecular weight excluding hydrogens is 284 g/mol. The maximum absolute atomic E-state index is 12.5. The van der Waals surface area contributed by atoms with Gasteiger partial charge in [0.1, 0.15) is 5.75 Å². The molecule has 6 nitrogen and oxygen atoms in total. The fourth-order valence-corrected chi connectivity index (χ4v) is 3.33. The molecule has 1 aromatic heterocycles. The Hall–Kier alpha value is -2.34. The van der Waals surface area contributed by atoms with Gasteiger partial charge in [0.15, 0.2) is 11.5 Å². The van der Waals surface area contributed by atoms with Crippen molar-refractivity contribution in [2.75, 3.05) is 19.7 Å². The zero-order chi connectivity index (χ0) is 15.3. The summed E-state index contributed by atoms with van der Waals surface area (Å²) >= 11 is 0. The summed E-state index contributed by atoms with van der Waals surface area (Å²) in [7, 11) is 0. The molecule has 2 atom stereocenters. The molecule has 4 rings (SSSR count). The number of carbonyl (C=O) groups excluding carboxylic acids is 1. The summed E-state index contributed by atoms with van der Waals surface area (Å²) in [5, 5.41) is 22.8. The van der Waals surface area contributed by atoms with Gasteiger partial charge in [-0.25, -0.2) is 0 Å². The summed E-state index contributed by atoms with van der Waals surface area (Å²) in [6, 6.07) is 8.19. The number of rotatable bonds is 3. The van der Waals surface area contributed by atoms with Crippen LogP contribution in [0.4, 0.5) is 0 Å². The smallest absolute Gasteiger partial charge is 0.276 e. The van der Waals surface area contributed by atoms with Gasteiger partial charge < -0.3 is 19.6 Å². The predicted octanol–water partition coefficient (Wildman–Crippen LogP) is 1.50. The normalized spacial score (nSPS) is 26.0. The van der Waals surface area contributed by atoms with Crippen molar-refractivity contribution in [2.45, 2.75) is 6.42 Å². The molecule has 0 spiro atoms. The summed E-state index contributed by atoms with van der Waals surface area (Å²) in [5.74, 6) is 0.820. The van der Waals surface area contributed by atoms with Crippen LogP contribution in [0, 0.1) is 11.3 Å². The zero-order valence-corrected chi connectivity index (χ0v) is 11.9. The van der Waals surface area contributed by atoms with Crippen molar-refractivity contribution in [3.05, 3.63) is 36.0 Å². The number of aromatic hydroxyl groups is 1. The Morgan fingerprint density at radius 2 is 2.32 bits per heavy atom. The molecule has 2 aromatic rings.